The molecule has 0 fully saturated rings. The molecule has 0 aliphatic carbocycles. The molecule has 1 aromatic carbocycles. The van der Waals surface area contributed by atoms with Gasteiger partial charge >= 0.3 is 0 Å². The maximum absolute atomic E-state index is 5.82. The van der Waals surface area contributed by atoms with Gasteiger partial charge in [0, 0.05) is 17.8 Å². The molecule has 0 amide bonds. The molecule has 100 valence electrons. The van der Waals surface area contributed by atoms with Crippen molar-refractivity contribution in [3.8, 4) is 11.6 Å². The minimum atomic E-state index is 0.427. The Kier molecular flexibility index (Phi) is 4.53. The van der Waals surface area contributed by atoms with Crippen LogP contribution in [-0.4, -0.2) is 4.98 Å². The van der Waals surface area contributed by atoms with Crippen molar-refractivity contribution in [1.82, 2.24) is 4.98 Å². The van der Waals surface area contributed by atoms with E-state index in [9.17, 15) is 0 Å². The Bertz CT molecular complexity index is 535. The van der Waals surface area contributed by atoms with E-state index in [1.54, 1.807) is 0 Å². The van der Waals surface area contributed by atoms with Crippen molar-refractivity contribution in [3.63, 3.8) is 0 Å². The molecule has 0 atom stereocenters. The Morgan fingerprint density at radius 3 is 2.47 bits per heavy atom. The van der Waals surface area contributed by atoms with Crippen LogP contribution in [0, 0.1) is 6.92 Å². The molecule has 0 radical (unpaired) electrons. The number of nitrogens with zero attached hydrogens (tertiary/aromatic N) is 1. The molecule has 3 nitrogen and oxygen atoms in total. The molecule has 0 saturated heterocycles. The van der Waals surface area contributed by atoms with E-state index in [1.807, 2.05) is 31.2 Å². The van der Waals surface area contributed by atoms with Crippen LogP contribution in [0.15, 0.2) is 36.4 Å². The third-order valence-electron chi connectivity index (χ3n) is 2.97. The van der Waals surface area contributed by atoms with Gasteiger partial charge in [-0.1, -0.05) is 31.5 Å². The lowest BCUT2D eigenvalue weighted by Crippen LogP contribution is -2.02. The number of ether oxygens (including phenoxy) is 1. The Balaban J connectivity index is 2.18. The van der Waals surface area contributed by atoms with E-state index < -0.39 is 0 Å². The van der Waals surface area contributed by atoms with Gasteiger partial charge in [-0.2, -0.15) is 0 Å². The first kappa shape index (κ1) is 13.6. The number of pyridine rings is 1. The van der Waals surface area contributed by atoms with Crippen LogP contribution < -0.4 is 10.5 Å². The summed E-state index contributed by atoms with van der Waals surface area (Å²) < 4.78 is 5.82. The molecule has 0 spiro atoms. The number of nitrogens with two attached hydrogens (primary N) is 1. The predicted molar refractivity (Wildman–Crippen MR) is 77.4 cm³/mol. The maximum atomic E-state index is 5.82. The fourth-order valence-corrected chi connectivity index (χ4v) is 1.93. The van der Waals surface area contributed by atoms with Gasteiger partial charge in [0.15, 0.2) is 0 Å². The van der Waals surface area contributed by atoms with Crippen molar-refractivity contribution in [1.29, 1.82) is 0 Å². The molecule has 0 unspecified atom stereocenters. The van der Waals surface area contributed by atoms with Crippen LogP contribution >= 0.6 is 0 Å². The molecule has 0 aliphatic rings. The van der Waals surface area contributed by atoms with Gasteiger partial charge < -0.3 is 10.5 Å². The fourth-order valence-electron chi connectivity index (χ4n) is 1.93. The van der Waals surface area contributed by atoms with E-state index in [-0.39, 0.29) is 0 Å². The van der Waals surface area contributed by atoms with Crippen LogP contribution in [0.5, 0.6) is 11.6 Å². The lowest BCUT2D eigenvalue weighted by molar-refractivity contribution is 0.455. The van der Waals surface area contributed by atoms with Crippen LogP contribution in [0.4, 0.5) is 0 Å². The Morgan fingerprint density at radius 1 is 1.11 bits per heavy atom. The number of hydrogen-bond donors (Lipinski definition) is 1. The quantitative estimate of drug-likeness (QED) is 0.889. The number of rotatable bonds is 5. The van der Waals surface area contributed by atoms with Gasteiger partial charge in [-0.3, -0.25) is 0 Å². The van der Waals surface area contributed by atoms with Crippen molar-refractivity contribution in [2.75, 3.05) is 0 Å². The Morgan fingerprint density at radius 2 is 1.84 bits per heavy atom. The summed E-state index contributed by atoms with van der Waals surface area (Å²) in [6.07, 6.45) is 2.24. The summed E-state index contributed by atoms with van der Waals surface area (Å²) in [4.78, 5) is 4.40. The maximum Gasteiger partial charge on any atom is 0.223 e. The molecule has 0 saturated carbocycles. The first-order valence-corrected chi connectivity index (χ1v) is 6.66. The van der Waals surface area contributed by atoms with Gasteiger partial charge in [0.05, 0.1) is 0 Å². The normalized spacial score (nSPS) is 10.5. The smallest absolute Gasteiger partial charge is 0.223 e. The second-order valence-electron chi connectivity index (χ2n) is 4.62. The molecule has 19 heavy (non-hydrogen) atoms. The highest BCUT2D eigenvalue weighted by Crippen LogP contribution is 2.24. The highest BCUT2D eigenvalue weighted by Gasteiger charge is 2.06. The van der Waals surface area contributed by atoms with E-state index in [0.29, 0.717) is 12.4 Å². The molecule has 0 bridgehead atoms. The monoisotopic (exact) mass is 256 g/mol. The molecule has 1 aromatic heterocycles. The third kappa shape index (κ3) is 3.55. The van der Waals surface area contributed by atoms with E-state index in [2.05, 4.69) is 24.0 Å². The zero-order valence-corrected chi connectivity index (χ0v) is 11.5. The molecule has 1 heterocycles. The van der Waals surface area contributed by atoms with Crippen molar-refractivity contribution < 1.29 is 4.74 Å². The summed E-state index contributed by atoms with van der Waals surface area (Å²) in [5.41, 5.74) is 8.87. The number of aromatic nitrogens is 1. The Hall–Kier alpha value is -1.87. The summed E-state index contributed by atoms with van der Waals surface area (Å²) in [6, 6.07) is 12.1. The van der Waals surface area contributed by atoms with Crippen molar-refractivity contribution in [3.05, 3.63) is 53.2 Å². The van der Waals surface area contributed by atoms with Crippen LogP contribution in [0.1, 0.15) is 30.2 Å². The average Bonchev–Trinajstić information content (AvgIpc) is 2.42. The zero-order valence-electron chi connectivity index (χ0n) is 11.5. The second-order valence-corrected chi connectivity index (χ2v) is 4.62. The molecule has 2 aromatic rings. The predicted octanol–water partition coefficient (Wildman–Crippen LogP) is 3.59. The summed E-state index contributed by atoms with van der Waals surface area (Å²) >= 11 is 0. The third-order valence-corrected chi connectivity index (χ3v) is 2.97. The number of hydrogen-bond acceptors (Lipinski definition) is 3. The lowest BCUT2D eigenvalue weighted by atomic mass is 10.1. The van der Waals surface area contributed by atoms with E-state index in [4.69, 9.17) is 10.5 Å². The number of aryl methyl sites for hydroxylation is 2. The van der Waals surface area contributed by atoms with Gasteiger partial charge in [0.25, 0.3) is 0 Å². The van der Waals surface area contributed by atoms with E-state index in [1.165, 1.54) is 5.56 Å². The van der Waals surface area contributed by atoms with Crippen LogP contribution in [0.2, 0.25) is 0 Å². The van der Waals surface area contributed by atoms with Gasteiger partial charge in [-0.15, -0.1) is 0 Å². The highest BCUT2D eigenvalue weighted by molar-refractivity contribution is 5.35. The van der Waals surface area contributed by atoms with Gasteiger partial charge in [0.1, 0.15) is 5.75 Å². The first-order chi connectivity index (χ1) is 9.22. The van der Waals surface area contributed by atoms with Gasteiger partial charge in [-0.25, -0.2) is 4.98 Å². The standard InChI is InChI=1S/C16H20N2O/c1-3-4-13-6-9-15(10-7-13)19-16-14(11-17)8-5-12(2)18-16/h5-10H,3-4,11,17H2,1-2H3. The molecular formula is C16H20N2O. The zero-order chi connectivity index (χ0) is 13.7. The molecule has 2 N–H and O–H groups in total. The summed E-state index contributed by atoms with van der Waals surface area (Å²) in [5, 5.41) is 0. The molecule has 3 heteroatoms. The van der Waals surface area contributed by atoms with Crippen LogP contribution in [0.25, 0.3) is 0 Å². The lowest BCUT2D eigenvalue weighted by Gasteiger charge is -2.10. The summed E-state index contributed by atoms with van der Waals surface area (Å²) in [6.45, 7) is 4.54. The molecular weight excluding hydrogens is 236 g/mol. The van der Waals surface area contributed by atoms with Crippen molar-refractivity contribution in [2.24, 2.45) is 5.73 Å². The van der Waals surface area contributed by atoms with E-state index in [0.717, 1.165) is 29.8 Å². The summed E-state index contributed by atoms with van der Waals surface area (Å²) in [7, 11) is 0. The second kappa shape index (κ2) is 6.34. The molecule has 0 aliphatic heterocycles. The van der Waals surface area contributed by atoms with Gasteiger partial charge in [-0.05, 0) is 37.1 Å². The Labute approximate surface area is 114 Å². The van der Waals surface area contributed by atoms with Crippen molar-refractivity contribution >= 4 is 0 Å². The SMILES string of the molecule is CCCc1ccc(Oc2nc(C)ccc2CN)cc1. The topological polar surface area (TPSA) is 48.1 Å². The molecule has 2 rings (SSSR count). The first-order valence-electron chi connectivity index (χ1n) is 6.66. The number of benzene rings is 1. The minimum absolute atomic E-state index is 0.427. The van der Waals surface area contributed by atoms with E-state index >= 15 is 0 Å². The fraction of sp³-hybridized carbons (Fsp3) is 0.312. The van der Waals surface area contributed by atoms with Gasteiger partial charge in [0.2, 0.25) is 5.88 Å². The van der Waals surface area contributed by atoms with Crippen LogP contribution in [0.3, 0.4) is 0 Å². The highest BCUT2D eigenvalue weighted by atomic mass is 16.5. The van der Waals surface area contributed by atoms with Crippen molar-refractivity contribution in [2.45, 2.75) is 33.2 Å². The minimum Gasteiger partial charge on any atom is -0.439 e. The largest absolute Gasteiger partial charge is 0.439 e. The average molecular weight is 256 g/mol. The summed E-state index contributed by atoms with van der Waals surface area (Å²) in [5.74, 6) is 1.40. The van der Waals surface area contributed by atoms with Crippen LogP contribution in [-0.2, 0) is 13.0 Å².